The van der Waals surface area contributed by atoms with E-state index in [1.165, 1.54) is 38.5 Å². The van der Waals surface area contributed by atoms with Gasteiger partial charge in [0.25, 0.3) is 5.82 Å². The van der Waals surface area contributed by atoms with Crippen molar-refractivity contribution in [3.05, 3.63) is 95.3 Å². The van der Waals surface area contributed by atoms with Crippen molar-refractivity contribution in [1.29, 1.82) is 0 Å². The van der Waals surface area contributed by atoms with Gasteiger partial charge in [0.05, 0.1) is 19.8 Å². The minimum Gasteiger partial charge on any atom is -0.496 e. The van der Waals surface area contributed by atoms with Crippen LogP contribution in [0.4, 0.5) is 13.2 Å². The van der Waals surface area contributed by atoms with Gasteiger partial charge in [-0.25, -0.2) is 0 Å². The van der Waals surface area contributed by atoms with Gasteiger partial charge in [0.15, 0.2) is 5.75 Å². The van der Waals surface area contributed by atoms with Gasteiger partial charge >= 0.3 is 6.18 Å². The number of benzene rings is 3. The van der Waals surface area contributed by atoms with E-state index in [4.69, 9.17) is 14.2 Å². The van der Waals surface area contributed by atoms with Crippen LogP contribution in [-0.4, -0.2) is 114 Å². The van der Waals surface area contributed by atoms with Crippen LogP contribution in [0.2, 0.25) is 0 Å². The van der Waals surface area contributed by atoms with Crippen LogP contribution < -0.4 is 9.47 Å². The van der Waals surface area contributed by atoms with Crippen LogP contribution in [0.5, 0.6) is 11.5 Å². The maximum Gasteiger partial charge on any atom is 0.453 e. The number of alkyl halides is 3. The molecule has 48 heavy (non-hydrogen) atoms. The number of nitrogens with zero attached hydrogens (tertiary/aromatic N) is 7. The molecule has 2 saturated heterocycles. The highest BCUT2D eigenvalue weighted by atomic mass is 19.4. The summed E-state index contributed by atoms with van der Waals surface area (Å²) in [4.78, 5) is 19.6. The zero-order valence-corrected chi connectivity index (χ0v) is 27.0. The molecule has 3 heterocycles. The molecule has 14 heteroatoms. The van der Waals surface area contributed by atoms with Crippen LogP contribution in [0.25, 0.3) is 5.69 Å². The Hall–Kier alpha value is -4.53. The lowest BCUT2D eigenvalue weighted by Crippen LogP contribution is -2.67. The Labute approximate surface area is 276 Å². The Balaban J connectivity index is 1.41. The molecule has 0 aliphatic carbocycles. The zero-order chi connectivity index (χ0) is 33.8. The number of carbonyl (C=O) groups is 1. The number of aromatic nitrogens is 4. The first kappa shape index (κ1) is 33.4. The number of amides is 1. The first-order valence-electron chi connectivity index (χ1n) is 15.7. The lowest BCUT2D eigenvalue weighted by atomic mass is 9.81. The van der Waals surface area contributed by atoms with E-state index < -0.39 is 12.0 Å². The Bertz CT molecular complexity index is 1650. The topological polar surface area (TPSA) is 98.1 Å². The second-order valence-corrected chi connectivity index (χ2v) is 11.9. The van der Waals surface area contributed by atoms with Crippen molar-refractivity contribution in [2.24, 2.45) is 0 Å². The quantitative estimate of drug-likeness (QED) is 0.250. The zero-order valence-electron chi connectivity index (χ0n) is 27.0. The van der Waals surface area contributed by atoms with E-state index in [1.54, 1.807) is 6.07 Å². The van der Waals surface area contributed by atoms with Crippen LogP contribution in [-0.2, 0) is 22.3 Å². The van der Waals surface area contributed by atoms with Crippen molar-refractivity contribution in [3.63, 3.8) is 0 Å². The van der Waals surface area contributed by atoms with Crippen molar-refractivity contribution in [2.75, 3.05) is 60.7 Å². The molecule has 1 amide bonds. The first-order valence-corrected chi connectivity index (χ1v) is 15.7. The number of hydrogen-bond donors (Lipinski definition) is 0. The van der Waals surface area contributed by atoms with E-state index in [1.807, 2.05) is 41.3 Å². The minimum absolute atomic E-state index is 0.00428. The van der Waals surface area contributed by atoms with Crippen LogP contribution >= 0.6 is 0 Å². The molecule has 6 rings (SSSR count). The number of methoxy groups -OCH3 is 3. The number of ether oxygens (including phenoxy) is 3. The van der Waals surface area contributed by atoms with Gasteiger partial charge in [0.2, 0.25) is 5.91 Å². The second kappa shape index (κ2) is 14.3. The van der Waals surface area contributed by atoms with E-state index >= 15 is 0 Å². The summed E-state index contributed by atoms with van der Waals surface area (Å²) in [6.07, 6.45) is -4.78. The van der Waals surface area contributed by atoms with Gasteiger partial charge in [0.1, 0.15) is 18.0 Å². The normalized spacial score (nSPS) is 18.9. The monoisotopic (exact) mass is 665 g/mol. The highest BCUT2D eigenvalue weighted by Crippen LogP contribution is 2.40. The molecule has 254 valence electrons. The molecule has 2 aliphatic rings. The van der Waals surface area contributed by atoms with E-state index in [2.05, 4.69) is 49.6 Å². The maximum atomic E-state index is 13.8. The van der Waals surface area contributed by atoms with Gasteiger partial charge in [0, 0.05) is 64.4 Å². The summed E-state index contributed by atoms with van der Waals surface area (Å²) in [5, 5.41) is 10.2. The highest BCUT2D eigenvalue weighted by molar-refractivity contribution is 5.77. The third-order valence-electron chi connectivity index (χ3n) is 9.14. The molecule has 1 unspecified atom stereocenters. The predicted octanol–water partition coefficient (Wildman–Crippen LogP) is 3.87. The molecule has 2 aliphatic heterocycles. The van der Waals surface area contributed by atoms with E-state index in [9.17, 15) is 18.0 Å². The van der Waals surface area contributed by atoms with Gasteiger partial charge in [-0.3, -0.25) is 14.6 Å². The number of hydrogen-bond acceptors (Lipinski definition) is 9. The van der Waals surface area contributed by atoms with Crippen molar-refractivity contribution in [1.82, 2.24) is 34.9 Å². The van der Waals surface area contributed by atoms with Gasteiger partial charge in [-0.15, -0.1) is 5.10 Å². The Morgan fingerprint density at radius 3 is 2.19 bits per heavy atom. The first-order chi connectivity index (χ1) is 23.2. The Morgan fingerprint density at radius 1 is 0.896 bits per heavy atom. The Morgan fingerprint density at radius 2 is 1.58 bits per heavy atom. The summed E-state index contributed by atoms with van der Waals surface area (Å²) in [5.74, 6) is -0.688. The largest absolute Gasteiger partial charge is 0.496 e. The average Bonchev–Trinajstić information content (AvgIpc) is 3.60. The van der Waals surface area contributed by atoms with Crippen LogP contribution in [0.3, 0.4) is 0 Å². The number of tetrazole rings is 1. The number of rotatable bonds is 10. The molecule has 1 aromatic heterocycles. The van der Waals surface area contributed by atoms with Crippen molar-refractivity contribution in [3.8, 4) is 17.2 Å². The van der Waals surface area contributed by atoms with Crippen LogP contribution in [0.1, 0.15) is 28.4 Å². The number of piperazine rings is 2. The maximum absolute atomic E-state index is 13.8. The molecule has 3 aromatic carbocycles. The number of halogens is 3. The fourth-order valence-electron chi connectivity index (χ4n) is 7.12. The van der Waals surface area contributed by atoms with Crippen molar-refractivity contribution in [2.45, 2.75) is 30.7 Å². The summed E-state index contributed by atoms with van der Waals surface area (Å²) in [7, 11) is 4.43. The van der Waals surface area contributed by atoms with Crippen LogP contribution in [0.15, 0.2) is 72.8 Å². The second-order valence-electron chi connectivity index (χ2n) is 11.9. The standard InChI is InChI=1S/C34H38F3N7O4/c1-46-22-30(45)42-16-17-43-25(19-42)18-41(21-28(43)31(23-10-6-4-7-11-23)24-12-8-5-9-13-24)20-26-29(47-2)15-14-27(32(26)48-3)44-33(34(35,36)37)38-39-40-44/h4-15,25,28,31H,16-22H2,1-3H3/t25-,28?/m1/s1. The van der Waals surface area contributed by atoms with Gasteiger partial charge < -0.3 is 19.1 Å². The molecule has 11 nitrogen and oxygen atoms in total. The molecule has 2 atom stereocenters. The minimum atomic E-state index is -4.78. The summed E-state index contributed by atoms with van der Waals surface area (Å²) < 4.78 is 58.8. The molecule has 4 aromatic rings. The summed E-state index contributed by atoms with van der Waals surface area (Å²) in [6.45, 7) is 3.32. The number of carbonyl (C=O) groups excluding carboxylic acids is 1. The Kier molecular flexibility index (Phi) is 9.94. The third-order valence-corrected chi connectivity index (χ3v) is 9.14. The summed E-state index contributed by atoms with van der Waals surface area (Å²) in [5.41, 5.74) is 2.94. The lowest BCUT2D eigenvalue weighted by Gasteiger charge is -2.53. The average molecular weight is 666 g/mol. The van der Waals surface area contributed by atoms with E-state index in [0.717, 1.165) is 0 Å². The highest BCUT2D eigenvalue weighted by Gasteiger charge is 2.44. The van der Waals surface area contributed by atoms with Crippen molar-refractivity contribution < 1.29 is 32.2 Å². The number of fused-ring (bicyclic) bond motifs is 1. The van der Waals surface area contributed by atoms with Crippen LogP contribution in [0, 0.1) is 0 Å². The molecule has 0 spiro atoms. The molecule has 2 fully saturated rings. The third kappa shape index (κ3) is 6.73. The van der Waals surface area contributed by atoms with E-state index in [-0.39, 0.29) is 42.0 Å². The molecular formula is C34H38F3N7O4. The molecule has 0 saturated carbocycles. The molecular weight excluding hydrogens is 627 g/mol. The fourth-order valence-corrected chi connectivity index (χ4v) is 7.12. The summed E-state index contributed by atoms with van der Waals surface area (Å²) in [6, 6.07) is 23.8. The lowest BCUT2D eigenvalue weighted by molar-refractivity contribution is -0.146. The van der Waals surface area contributed by atoms with Crippen molar-refractivity contribution >= 4 is 5.91 Å². The van der Waals surface area contributed by atoms with Gasteiger partial charge in [-0.2, -0.15) is 17.9 Å². The van der Waals surface area contributed by atoms with Gasteiger partial charge in [-0.05, 0) is 33.7 Å². The summed E-state index contributed by atoms with van der Waals surface area (Å²) >= 11 is 0. The van der Waals surface area contributed by atoms with Gasteiger partial charge in [-0.1, -0.05) is 60.7 Å². The van der Waals surface area contributed by atoms with E-state index in [0.29, 0.717) is 55.3 Å². The smallest absolute Gasteiger partial charge is 0.453 e. The fraction of sp³-hybridized carbons (Fsp3) is 0.412. The molecule has 0 N–H and O–H groups in total. The predicted molar refractivity (Wildman–Crippen MR) is 170 cm³/mol. The molecule has 0 radical (unpaired) electrons. The SMILES string of the molecule is COCC(=O)N1CCN2C(C(c3ccccc3)c3ccccc3)CN(Cc3c(OC)ccc(-n4nnnc4C(F)(F)F)c3OC)C[C@@H]2C1. The molecule has 0 bridgehead atoms.